The standard InChI is InChI=1S/C17H15ClN2O2S/c1-22-14-7-4-6-13(11-14)19-17(23)20-16(21)10-9-12-5-2-3-8-15(12)18/h2-11H,1H3,(H2,19,20,21,23)/b10-9+. The van der Waals surface area contributed by atoms with E-state index >= 15 is 0 Å². The van der Waals surface area contributed by atoms with Crippen molar-refractivity contribution in [3.8, 4) is 5.75 Å². The van der Waals surface area contributed by atoms with E-state index in [1.165, 1.54) is 6.08 Å². The molecule has 1 amide bonds. The molecule has 4 nitrogen and oxygen atoms in total. The van der Waals surface area contributed by atoms with Crippen LogP contribution in [-0.2, 0) is 4.79 Å². The third kappa shape index (κ3) is 5.39. The number of hydrogen-bond acceptors (Lipinski definition) is 3. The highest BCUT2D eigenvalue weighted by Gasteiger charge is 2.03. The smallest absolute Gasteiger partial charge is 0.250 e. The number of carbonyl (C=O) groups excluding carboxylic acids is 1. The number of methoxy groups -OCH3 is 1. The Kier molecular flexibility index (Phi) is 6.14. The minimum atomic E-state index is -0.342. The number of rotatable bonds is 4. The average Bonchev–Trinajstić information content (AvgIpc) is 2.54. The molecule has 0 saturated carbocycles. The highest BCUT2D eigenvalue weighted by atomic mass is 35.5. The Morgan fingerprint density at radius 1 is 1.22 bits per heavy atom. The molecule has 0 unspecified atom stereocenters. The SMILES string of the molecule is COc1cccc(NC(=S)NC(=O)/C=C/c2ccccc2Cl)c1. The lowest BCUT2D eigenvalue weighted by atomic mass is 10.2. The number of carbonyl (C=O) groups is 1. The summed E-state index contributed by atoms with van der Waals surface area (Å²) >= 11 is 11.1. The summed E-state index contributed by atoms with van der Waals surface area (Å²) in [6.07, 6.45) is 3.01. The van der Waals surface area contributed by atoms with Gasteiger partial charge in [-0.2, -0.15) is 0 Å². The third-order valence-corrected chi connectivity index (χ3v) is 3.43. The second-order valence-electron chi connectivity index (χ2n) is 4.53. The van der Waals surface area contributed by atoms with Gasteiger partial charge < -0.3 is 10.1 Å². The fourth-order valence-electron chi connectivity index (χ4n) is 1.79. The fraction of sp³-hybridized carbons (Fsp3) is 0.0588. The number of benzene rings is 2. The van der Waals surface area contributed by atoms with Crippen LogP contribution < -0.4 is 15.4 Å². The first-order valence-corrected chi connectivity index (χ1v) is 7.56. The van der Waals surface area contributed by atoms with Crippen LogP contribution in [0.15, 0.2) is 54.6 Å². The molecule has 0 saturated heterocycles. The summed E-state index contributed by atoms with van der Waals surface area (Å²) in [4.78, 5) is 11.9. The molecular formula is C17H15ClN2O2S. The van der Waals surface area contributed by atoms with Gasteiger partial charge in [0.25, 0.3) is 0 Å². The maximum absolute atomic E-state index is 11.9. The number of amides is 1. The summed E-state index contributed by atoms with van der Waals surface area (Å²) in [5.41, 5.74) is 1.49. The van der Waals surface area contributed by atoms with Crippen LogP contribution in [0.25, 0.3) is 6.08 Å². The summed E-state index contributed by atoms with van der Waals surface area (Å²) in [6.45, 7) is 0. The maximum Gasteiger partial charge on any atom is 0.250 e. The molecule has 0 radical (unpaired) electrons. The number of anilines is 1. The number of thiocarbonyl (C=S) groups is 1. The van der Waals surface area contributed by atoms with Crippen LogP contribution >= 0.6 is 23.8 Å². The topological polar surface area (TPSA) is 50.4 Å². The fourth-order valence-corrected chi connectivity index (χ4v) is 2.21. The number of halogens is 1. The van der Waals surface area contributed by atoms with Gasteiger partial charge in [0.2, 0.25) is 5.91 Å². The Labute approximate surface area is 145 Å². The summed E-state index contributed by atoms with van der Waals surface area (Å²) in [6, 6.07) is 14.5. The van der Waals surface area contributed by atoms with Gasteiger partial charge in [-0.25, -0.2) is 0 Å². The molecule has 0 heterocycles. The Balaban J connectivity index is 1.92. The van der Waals surface area contributed by atoms with Crippen molar-refractivity contribution < 1.29 is 9.53 Å². The lowest BCUT2D eigenvalue weighted by Gasteiger charge is -2.09. The lowest BCUT2D eigenvalue weighted by molar-refractivity contribution is -0.115. The molecular weight excluding hydrogens is 332 g/mol. The molecule has 118 valence electrons. The predicted molar refractivity (Wildman–Crippen MR) is 97.8 cm³/mol. The van der Waals surface area contributed by atoms with Crippen LogP contribution in [0.1, 0.15) is 5.56 Å². The first kappa shape index (κ1) is 17.0. The van der Waals surface area contributed by atoms with Gasteiger partial charge in [-0.1, -0.05) is 35.9 Å². The zero-order valence-corrected chi connectivity index (χ0v) is 13.9. The predicted octanol–water partition coefficient (Wildman–Crippen LogP) is 3.88. The molecule has 2 rings (SSSR count). The van der Waals surface area contributed by atoms with Gasteiger partial charge in [0, 0.05) is 22.9 Å². The van der Waals surface area contributed by atoms with Crippen molar-refractivity contribution >= 4 is 46.6 Å². The first-order chi connectivity index (χ1) is 11.1. The van der Waals surface area contributed by atoms with Crippen LogP contribution in [0.2, 0.25) is 5.02 Å². The average molecular weight is 347 g/mol. The van der Waals surface area contributed by atoms with E-state index < -0.39 is 0 Å². The van der Waals surface area contributed by atoms with Crippen LogP contribution in [0.3, 0.4) is 0 Å². The number of ether oxygens (including phenoxy) is 1. The molecule has 0 aliphatic carbocycles. The molecule has 2 aromatic carbocycles. The van der Waals surface area contributed by atoms with Crippen LogP contribution in [-0.4, -0.2) is 18.1 Å². The highest BCUT2D eigenvalue weighted by Crippen LogP contribution is 2.17. The van der Waals surface area contributed by atoms with Crippen molar-refractivity contribution in [3.05, 3.63) is 65.2 Å². The van der Waals surface area contributed by atoms with E-state index in [1.807, 2.05) is 36.4 Å². The molecule has 0 aliphatic heterocycles. The van der Waals surface area contributed by atoms with E-state index in [9.17, 15) is 4.79 Å². The molecule has 0 bridgehead atoms. The van der Waals surface area contributed by atoms with E-state index in [4.69, 9.17) is 28.6 Å². The summed E-state index contributed by atoms with van der Waals surface area (Å²) in [5, 5.41) is 6.26. The molecule has 0 fully saturated rings. The van der Waals surface area contributed by atoms with Gasteiger partial charge in [-0.3, -0.25) is 10.1 Å². The summed E-state index contributed by atoms with van der Waals surface area (Å²) in [7, 11) is 1.58. The molecule has 0 atom stereocenters. The normalized spacial score (nSPS) is 10.3. The third-order valence-electron chi connectivity index (χ3n) is 2.88. The van der Waals surface area contributed by atoms with Gasteiger partial charge >= 0.3 is 0 Å². The van der Waals surface area contributed by atoms with Gasteiger partial charge in [-0.15, -0.1) is 0 Å². The lowest BCUT2D eigenvalue weighted by Crippen LogP contribution is -2.32. The number of nitrogens with one attached hydrogen (secondary N) is 2. The minimum absolute atomic E-state index is 0.201. The van der Waals surface area contributed by atoms with Crippen molar-refractivity contribution in [2.45, 2.75) is 0 Å². The van der Waals surface area contributed by atoms with Gasteiger partial charge in [-0.05, 0) is 42.1 Å². The van der Waals surface area contributed by atoms with Crippen LogP contribution in [0.4, 0.5) is 5.69 Å². The van der Waals surface area contributed by atoms with Crippen molar-refractivity contribution in [1.29, 1.82) is 0 Å². The van der Waals surface area contributed by atoms with E-state index in [0.29, 0.717) is 10.8 Å². The van der Waals surface area contributed by atoms with Gasteiger partial charge in [0.15, 0.2) is 5.11 Å². The molecule has 0 spiro atoms. The van der Waals surface area contributed by atoms with Crippen LogP contribution in [0, 0.1) is 0 Å². The van der Waals surface area contributed by atoms with Crippen molar-refractivity contribution in [1.82, 2.24) is 5.32 Å². The monoisotopic (exact) mass is 346 g/mol. The zero-order valence-electron chi connectivity index (χ0n) is 12.4. The zero-order chi connectivity index (χ0) is 16.7. The molecule has 6 heteroatoms. The summed E-state index contributed by atoms with van der Waals surface area (Å²) < 4.78 is 5.12. The molecule has 2 N–H and O–H groups in total. The van der Waals surface area contributed by atoms with E-state index in [0.717, 1.165) is 11.3 Å². The van der Waals surface area contributed by atoms with Gasteiger partial charge in [0.05, 0.1) is 7.11 Å². The molecule has 2 aromatic rings. The van der Waals surface area contributed by atoms with E-state index in [2.05, 4.69) is 10.6 Å². The maximum atomic E-state index is 11.9. The highest BCUT2D eigenvalue weighted by molar-refractivity contribution is 7.80. The van der Waals surface area contributed by atoms with Crippen molar-refractivity contribution in [3.63, 3.8) is 0 Å². The number of hydrogen-bond donors (Lipinski definition) is 2. The van der Waals surface area contributed by atoms with Crippen molar-refractivity contribution in [2.75, 3.05) is 12.4 Å². The first-order valence-electron chi connectivity index (χ1n) is 6.77. The Morgan fingerprint density at radius 3 is 2.74 bits per heavy atom. The van der Waals surface area contributed by atoms with E-state index in [1.54, 1.807) is 25.3 Å². The Bertz CT molecular complexity index is 747. The van der Waals surface area contributed by atoms with Crippen molar-refractivity contribution in [2.24, 2.45) is 0 Å². The molecule has 23 heavy (non-hydrogen) atoms. The molecule has 0 aliphatic rings. The molecule has 0 aromatic heterocycles. The quantitative estimate of drug-likeness (QED) is 0.651. The second-order valence-corrected chi connectivity index (χ2v) is 5.35. The summed E-state index contributed by atoms with van der Waals surface area (Å²) in [5.74, 6) is 0.355. The Morgan fingerprint density at radius 2 is 2.00 bits per heavy atom. The largest absolute Gasteiger partial charge is 0.497 e. The Hall–Kier alpha value is -2.37. The second kappa shape index (κ2) is 8.31. The van der Waals surface area contributed by atoms with Gasteiger partial charge in [0.1, 0.15) is 5.75 Å². The van der Waals surface area contributed by atoms with Crippen LogP contribution in [0.5, 0.6) is 5.75 Å². The van der Waals surface area contributed by atoms with E-state index in [-0.39, 0.29) is 11.0 Å². The minimum Gasteiger partial charge on any atom is -0.497 e.